The minimum atomic E-state index is -1.29. The molecule has 1 aliphatic rings. The smallest absolute Gasteiger partial charge is 0.326 e. The topological polar surface area (TPSA) is 244 Å². The Morgan fingerprint density at radius 2 is 1.67 bits per heavy atom. The summed E-state index contributed by atoms with van der Waals surface area (Å²) in [7, 11) is 0. The van der Waals surface area contributed by atoms with Crippen LogP contribution in [0.15, 0.2) is 35.3 Å². The monoisotopic (exact) mass is 547 g/mol. The second-order valence-electron chi connectivity index (χ2n) is 9.33. The molecule has 1 aliphatic heterocycles. The predicted octanol–water partition coefficient (Wildman–Crippen LogP) is -1.48. The molecule has 1 aromatic carbocycles. The molecule has 1 heterocycles. The number of carbonyl (C=O) groups excluding carboxylic acids is 3. The zero-order valence-electron chi connectivity index (χ0n) is 21.6. The lowest BCUT2D eigenvalue weighted by atomic mass is 10.0. The average molecular weight is 548 g/mol. The van der Waals surface area contributed by atoms with Crippen LogP contribution in [0.5, 0.6) is 0 Å². The molecule has 1 fully saturated rings. The fourth-order valence-corrected chi connectivity index (χ4v) is 4.27. The number of carboxylic acids is 2. The third kappa shape index (κ3) is 10.2. The van der Waals surface area contributed by atoms with Crippen molar-refractivity contribution in [1.82, 2.24) is 15.5 Å². The Hall–Kier alpha value is -4.20. The maximum absolute atomic E-state index is 13.4. The highest BCUT2D eigenvalue weighted by molar-refractivity contribution is 5.94. The average Bonchev–Trinajstić information content (AvgIpc) is 3.39. The Labute approximate surface area is 226 Å². The van der Waals surface area contributed by atoms with Crippen molar-refractivity contribution >= 4 is 35.6 Å². The third-order valence-electron chi connectivity index (χ3n) is 6.30. The van der Waals surface area contributed by atoms with E-state index in [2.05, 4.69) is 15.6 Å². The third-order valence-corrected chi connectivity index (χ3v) is 6.30. The molecule has 214 valence electrons. The number of carboxylic acid groups (broad SMARTS) is 2. The highest BCUT2D eigenvalue weighted by atomic mass is 16.4. The van der Waals surface area contributed by atoms with Crippen LogP contribution in [-0.4, -0.2) is 88.0 Å². The molecule has 14 nitrogen and oxygen atoms in total. The molecule has 0 aliphatic carbocycles. The van der Waals surface area contributed by atoms with Crippen LogP contribution in [0.25, 0.3) is 0 Å². The molecule has 3 amide bonds. The Kier molecular flexibility index (Phi) is 12.1. The Balaban J connectivity index is 2.19. The first-order chi connectivity index (χ1) is 18.5. The molecule has 1 aromatic rings. The summed E-state index contributed by atoms with van der Waals surface area (Å²) in [6.45, 7) is 0.451. The summed E-state index contributed by atoms with van der Waals surface area (Å²) in [5.74, 6) is -4.45. The highest BCUT2D eigenvalue weighted by Crippen LogP contribution is 2.20. The molecular weight excluding hydrogens is 510 g/mol. The molecule has 2 rings (SSSR count). The summed E-state index contributed by atoms with van der Waals surface area (Å²) < 4.78 is 0. The fraction of sp³-hybridized carbons (Fsp3) is 0.520. The molecule has 0 bridgehead atoms. The van der Waals surface area contributed by atoms with Crippen molar-refractivity contribution in [2.24, 2.45) is 22.2 Å². The summed E-state index contributed by atoms with van der Waals surface area (Å²) in [4.78, 5) is 67.2. The quantitative estimate of drug-likeness (QED) is 0.0762. The van der Waals surface area contributed by atoms with Gasteiger partial charge in [0.05, 0.1) is 6.04 Å². The second kappa shape index (κ2) is 15.3. The molecule has 0 radical (unpaired) electrons. The molecule has 4 atom stereocenters. The van der Waals surface area contributed by atoms with E-state index in [4.69, 9.17) is 22.3 Å². The number of rotatable bonds is 15. The Bertz CT molecular complexity index is 1050. The number of nitrogens with two attached hydrogens (primary N) is 3. The first kappa shape index (κ1) is 31.0. The van der Waals surface area contributed by atoms with Gasteiger partial charge in [0.1, 0.15) is 18.1 Å². The Morgan fingerprint density at radius 1 is 1.00 bits per heavy atom. The van der Waals surface area contributed by atoms with Gasteiger partial charge in [0.15, 0.2) is 5.96 Å². The van der Waals surface area contributed by atoms with Gasteiger partial charge in [0, 0.05) is 25.9 Å². The summed E-state index contributed by atoms with van der Waals surface area (Å²) in [6.07, 6.45) is 0.782. The maximum atomic E-state index is 13.4. The van der Waals surface area contributed by atoms with Gasteiger partial charge in [-0.1, -0.05) is 30.3 Å². The number of benzene rings is 1. The van der Waals surface area contributed by atoms with Gasteiger partial charge >= 0.3 is 11.9 Å². The number of nitrogens with zero attached hydrogens (tertiary/aromatic N) is 2. The molecule has 39 heavy (non-hydrogen) atoms. The summed E-state index contributed by atoms with van der Waals surface area (Å²) in [5, 5.41) is 23.8. The van der Waals surface area contributed by atoms with Gasteiger partial charge in [-0.15, -0.1) is 0 Å². The van der Waals surface area contributed by atoms with Gasteiger partial charge in [0.2, 0.25) is 17.7 Å². The zero-order valence-corrected chi connectivity index (χ0v) is 21.6. The summed E-state index contributed by atoms with van der Waals surface area (Å²) in [5.41, 5.74) is 17.3. The first-order valence-electron chi connectivity index (χ1n) is 12.7. The predicted molar refractivity (Wildman–Crippen MR) is 141 cm³/mol. The summed E-state index contributed by atoms with van der Waals surface area (Å²) in [6, 6.07) is 4.38. The zero-order chi connectivity index (χ0) is 28.9. The standard InChI is InChI=1S/C25H37N7O7/c26-16(8-4-12-29-25(27)28)21(35)31-18(14-15-6-2-1-3-7-15)22(36)30-17(10-11-20(33)34)23(37)32-13-5-9-19(32)24(38)39/h1-3,6-7,16-19H,4-5,8-14,26H2,(H,30,36)(H,31,35)(H,33,34)(H,38,39)(H4,27,28,29). The number of carbonyl (C=O) groups is 5. The number of hydrogen-bond acceptors (Lipinski definition) is 7. The van der Waals surface area contributed by atoms with Crippen molar-refractivity contribution in [2.45, 2.75) is 69.1 Å². The summed E-state index contributed by atoms with van der Waals surface area (Å²) >= 11 is 0. The number of hydrogen-bond donors (Lipinski definition) is 7. The lowest BCUT2D eigenvalue weighted by molar-refractivity contribution is -0.150. The SMILES string of the molecule is NC(N)=NCCCC(N)C(=O)NC(Cc1ccccc1)C(=O)NC(CCC(=O)O)C(=O)N1CCCC1C(=O)O. The largest absolute Gasteiger partial charge is 0.481 e. The number of guanidine groups is 1. The van der Waals surface area contributed by atoms with Crippen LogP contribution in [0.2, 0.25) is 0 Å². The molecule has 1 saturated heterocycles. The lowest BCUT2D eigenvalue weighted by Crippen LogP contribution is -2.57. The van der Waals surface area contributed by atoms with Crippen LogP contribution in [-0.2, 0) is 30.4 Å². The van der Waals surface area contributed by atoms with Crippen molar-refractivity contribution in [3.8, 4) is 0 Å². The van der Waals surface area contributed by atoms with Gasteiger partial charge in [-0.05, 0) is 37.7 Å². The minimum Gasteiger partial charge on any atom is -0.481 e. The van der Waals surface area contributed by atoms with E-state index in [1.54, 1.807) is 30.3 Å². The van der Waals surface area contributed by atoms with Crippen LogP contribution >= 0.6 is 0 Å². The number of aliphatic imine (C=N–C) groups is 1. The number of aliphatic carboxylic acids is 2. The minimum absolute atomic E-state index is 0.0699. The van der Waals surface area contributed by atoms with Gasteiger partial charge in [0.25, 0.3) is 0 Å². The van der Waals surface area contributed by atoms with Gasteiger partial charge < -0.3 is 42.9 Å². The lowest BCUT2D eigenvalue weighted by Gasteiger charge is -2.29. The van der Waals surface area contributed by atoms with Crippen molar-refractivity contribution in [2.75, 3.05) is 13.1 Å². The van der Waals surface area contributed by atoms with Gasteiger partial charge in [-0.2, -0.15) is 0 Å². The molecule has 14 heteroatoms. The van der Waals surface area contributed by atoms with Crippen LogP contribution in [0, 0.1) is 0 Å². The molecule has 0 spiro atoms. The maximum Gasteiger partial charge on any atom is 0.326 e. The fourth-order valence-electron chi connectivity index (χ4n) is 4.27. The van der Waals surface area contributed by atoms with E-state index in [1.165, 1.54) is 0 Å². The van der Waals surface area contributed by atoms with Crippen LogP contribution in [0.4, 0.5) is 0 Å². The first-order valence-corrected chi connectivity index (χ1v) is 12.7. The van der Waals surface area contributed by atoms with Crippen molar-refractivity contribution in [1.29, 1.82) is 0 Å². The molecule has 0 saturated carbocycles. The van der Waals surface area contributed by atoms with Crippen LogP contribution in [0.1, 0.15) is 44.1 Å². The van der Waals surface area contributed by atoms with E-state index in [-0.39, 0.29) is 44.7 Å². The van der Waals surface area contributed by atoms with Gasteiger partial charge in [-0.3, -0.25) is 24.2 Å². The normalized spacial score (nSPS) is 16.9. The van der Waals surface area contributed by atoms with Gasteiger partial charge in [-0.25, -0.2) is 4.79 Å². The van der Waals surface area contributed by atoms with Crippen LogP contribution < -0.4 is 27.8 Å². The number of nitrogens with one attached hydrogen (secondary N) is 2. The van der Waals surface area contributed by atoms with Crippen molar-refractivity contribution in [3.63, 3.8) is 0 Å². The van der Waals surface area contributed by atoms with Crippen LogP contribution in [0.3, 0.4) is 0 Å². The van der Waals surface area contributed by atoms with E-state index in [1.807, 2.05) is 0 Å². The molecule has 0 aromatic heterocycles. The highest BCUT2D eigenvalue weighted by Gasteiger charge is 2.38. The second-order valence-corrected chi connectivity index (χ2v) is 9.33. The number of amides is 3. The van der Waals surface area contributed by atoms with Crippen molar-refractivity contribution in [3.05, 3.63) is 35.9 Å². The molecular formula is C25H37N7O7. The van der Waals surface area contributed by atoms with E-state index < -0.39 is 60.2 Å². The van der Waals surface area contributed by atoms with Crippen molar-refractivity contribution < 1.29 is 34.2 Å². The van der Waals surface area contributed by atoms with E-state index >= 15 is 0 Å². The number of likely N-dealkylation sites (tertiary alicyclic amines) is 1. The van der Waals surface area contributed by atoms with E-state index in [9.17, 15) is 29.1 Å². The Morgan fingerprint density at radius 3 is 2.28 bits per heavy atom. The van der Waals surface area contributed by atoms with E-state index in [0.29, 0.717) is 12.8 Å². The molecule has 4 unspecified atom stereocenters. The van der Waals surface area contributed by atoms with E-state index in [0.717, 1.165) is 10.5 Å². The molecule has 10 N–H and O–H groups in total.